The second-order valence-electron chi connectivity index (χ2n) is 6.39. The number of fused-ring (bicyclic) bond motifs is 1. The summed E-state index contributed by atoms with van der Waals surface area (Å²) in [6, 6.07) is 21.2. The van der Waals surface area contributed by atoms with Crippen molar-refractivity contribution in [3.8, 4) is 0 Å². The normalized spacial score (nSPS) is 11.6. The van der Waals surface area contributed by atoms with Gasteiger partial charge >= 0.3 is 0 Å². The van der Waals surface area contributed by atoms with Crippen LogP contribution >= 0.6 is 0 Å². The van der Waals surface area contributed by atoms with Crippen LogP contribution in [0.25, 0.3) is 10.8 Å². The van der Waals surface area contributed by atoms with E-state index >= 15 is 0 Å². The minimum atomic E-state index is -0.900. The number of nitrogens with two attached hydrogens (primary N) is 1. The van der Waals surface area contributed by atoms with E-state index < -0.39 is 23.8 Å². The molecular weight excluding hydrogens is 354 g/mol. The molecule has 0 radical (unpaired) electrons. The molecule has 0 saturated heterocycles. The number of nitrogens with one attached hydrogen (secondary N) is 2. The van der Waals surface area contributed by atoms with Crippen LogP contribution in [0.2, 0.25) is 0 Å². The van der Waals surface area contributed by atoms with Crippen molar-refractivity contribution < 1.29 is 14.4 Å². The molecule has 0 aliphatic carbocycles. The molecule has 0 heterocycles. The van der Waals surface area contributed by atoms with Gasteiger partial charge in [-0.1, -0.05) is 60.7 Å². The van der Waals surface area contributed by atoms with E-state index in [0.29, 0.717) is 5.56 Å². The number of rotatable bonds is 6. The van der Waals surface area contributed by atoms with Crippen LogP contribution in [0.3, 0.4) is 0 Å². The van der Waals surface area contributed by atoms with Gasteiger partial charge in [0.25, 0.3) is 5.91 Å². The first-order valence-corrected chi connectivity index (χ1v) is 8.94. The van der Waals surface area contributed by atoms with Crippen molar-refractivity contribution in [2.45, 2.75) is 12.5 Å². The van der Waals surface area contributed by atoms with E-state index in [0.717, 1.165) is 16.3 Å². The van der Waals surface area contributed by atoms with Crippen LogP contribution in [-0.4, -0.2) is 30.3 Å². The van der Waals surface area contributed by atoms with Crippen LogP contribution in [0.4, 0.5) is 0 Å². The molecule has 1 atom stereocenters. The Morgan fingerprint density at radius 1 is 0.857 bits per heavy atom. The van der Waals surface area contributed by atoms with E-state index in [4.69, 9.17) is 5.73 Å². The number of benzene rings is 3. The van der Waals surface area contributed by atoms with Gasteiger partial charge in [-0.25, -0.2) is 0 Å². The van der Waals surface area contributed by atoms with Gasteiger partial charge in [-0.2, -0.15) is 0 Å². The van der Waals surface area contributed by atoms with E-state index in [9.17, 15) is 14.4 Å². The summed E-state index contributed by atoms with van der Waals surface area (Å²) in [6.07, 6.45) is 0.253. The quantitative estimate of drug-likeness (QED) is 0.611. The van der Waals surface area contributed by atoms with Crippen LogP contribution < -0.4 is 16.4 Å². The lowest BCUT2D eigenvalue weighted by atomic mass is 10.0. The molecular formula is C22H21N3O3. The van der Waals surface area contributed by atoms with Gasteiger partial charge in [0.1, 0.15) is 6.04 Å². The summed E-state index contributed by atoms with van der Waals surface area (Å²) in [7, 11) is 0. The van der Waals surface area contributed by atoms with Gasteiger partial charge in [-0.3, -0.25) is 19.7 Å². The molecule has 0 spiro atoms. The monoisotopic (exact) mass is 375 g/mol. The smallest absolute Gasteiger partial charge is 0.257 e. The molecule has 0 aliphatic rings. The average Bonchev–Trinajstić information content (AvgIpc) is 2.73. The van der Waals surface area contributed by atoms with Crippen LogP contribution in [-0.2, 0) is 16.0 Å². The number of carbonyl (C=O) groups is 3. The fourth-order valence-corrected chi connectivity index (χ4v) is 2.91. The van der Waals surface area contributed by atoms with Crippen molar-refractivity contribution in [1.82, 2.24) is 10.6 Å². The Hall–Kier alpha value is -3.51. The molecule has 4 N–H and O–H groups in total. The molecule has 6 heteroatoms. The summed E-state index contributed by atoms with van der Waals surface area (Å²) in [6.45, 7) is -0.239. The largest absolute Gasteiger partial charge is 0.343 e. The van der Waals surface area contributed by atoms with E-state index in [-0.39, 0.29) is 13.0 Å². The second-order valence-corrected chi connectivity index (χ2v) is 6.39. The lowest BCUT2D eigenvalue weighted by Crippen LogP contribution is -2.50. The van der Waals surface area contributed by atoms with E-state index in [1.807, 2.05) is 60.7 Å². The summed E-state index contributed by atoms with van der Waals surface area (Å²) >= 11 is 0. The standard InChI is InChI=1S/C22H21N3O3/c23-14-20(26)24-19(12-15-6-2-1-3-7-15)22(28)25-21(27)18-11-10-16-8-4-5-9-17(16)13-18/h1-11,13,19H,12,14,23H2,(H,24,26)(H,25,27,28)/t19-/m0/s1. The lowest BCUT2D eigenvalue weighted by Gasteiger charge is -2.18. The maximum atomic E-state index is 12.7. The molecule has 3 amide bonds. The number of hydrogen-bond donors (Lipinski definition) is 3. The first kappa shape index (κ1) is 19.3. The summed E-state index contributed by atoms with van der Waals surface area (Å²) in [5.74, 6) is -1.56. The summed E-state index contributed by atoms with van der Waals surface area (Å²) in [4.78, 5) is 36.9. The minimum absolute atomic E-state index is 0.239. The van der Waals surface area contributed by atoms with Crippen molar-refractivity contribution in [2.75, 3.05) is 6.54 Å². The van der Waals surface area contributed by atoms with Gasteiger partial charge < -0.3 is 11.1 Å². The molecule has 0 aromatic heterocycles. The molecule has 28 heavy (non-hydrogen) atoms. The van der Waals surface area contributed by atoms with Gasteiger partial charge in [0.05, 0.1) is 6.54 Å². The average molecular weight is 375 g/mol. The zero-order valence-corrected chi connectivity index (χ0v) is 15.2. The molecule has 3 aromatic carbocycles. The molecule has 142 valence electrons. The zero-order valence-electron chi connectivity index (χ0n) is 15.2. The highest BCUT2D eigenvalue weighted by atomic mass is 16.2. The van der Waals surface area contributed by atoms with Crippen LogP contribution in [0, 0.1) is 0 Å². The molecule has 3 rings (SSSR count). The first-order valence-electron chi connectivity index (χ1n) is 8.94. The van der Waals surface area contributed by atoms with Gasteiger partial charge in [0.2, 0.25) is 11.8 Å². The zero-order chi connectivity index (χ0) is 19.9. The Morgan fingerprint density at radius 2 is 1.54 bits per heavy atom. The predicted molar refractivity (Wildman–Crippen MR) is 108 cm³/mol. The second kappa shape index (κ2) is 8.92. The van der Waals surface area contributed by atoms with E-state index in [1.165, 1.54) is 0 Å². The predicted octanol–water partition coefficient (Wildman–Crippen LogP) is 1.78. The highest BCUT2D eigenvalue weighted by Gasteiger charge is 2.23. The molecule has 0 unspecified atom stereocenters. The third-order valence-corrected chi connectivity index (χ3v) is 4.37. The fourth-order valence-electron chi connectivity index (χ4n) is 2.91. The van der Waals surface area contributed by atoms with Crippen molar-refractivity contribution in [1.29, 1.82) is 0 Å². The lowest BCUT2D eigenvalue weighted by molar-refractivity contribution is -0.127. The molecule has 0 bridgehead atoms. The molecule has 0 aliphatic heterocycles. The van der Waals surface area contributed by atoms with Crippen LogP contribution in [0.1, 0.15) is 15.9 Å². The Morgan fingerprint density at radius 3 is 2.25 bits per heavy atom. The topological polar surface area (TPSA) is 101 Å². The first-order chi connectivity index (χ1) is 13.6. The fraction of sp³-hybridized carbons (Fsp3) is 0.136. The highest BCUT2D eigenvalue weighted by molar-refractivity contribution is 6.08. The molecule has 6 nitrogen and oxygen atoms in total. The maximum Gasteiger partial charge on any atom is 0.257 e. The van der Waals surface area contributed by atoms with Crippen molar-refractivity contribution in [3.63, 3.8) is 0 Å². The van der Waals surface area contributed by atoms with Crippen molar-refractivity contribution >= 4 is 28.5 Å². The van der Waals surface area contributed by atoms with Gasteiger partial charge in [0, 0.05) is 12.0 Å². The van der Waals surface area contributed by atoms with Crippen LogP contribution in [0.15, 0.2) is 72.8 Å². The third kappa shape index (κ3) is 4.81. The summed E-state index contributed by atoms with van der Waals surface area (Å²) in [5, 5.41) is 6.86. The number of amides is 3. The third-order valence-electron chi connectivity index (χ3n) is 4.37. The number of hydrogen-bond acceptors (Lipinski definition) is 4. The molecule has 0 fully saturated rings. The van der Waals surface area contributed by atoms with Crippen LogP contribution in [0.5, 0.6) is 0 Å². The van der Waals surface area contributed by atoms with E-state index in [1.54, 1.807) is 12.1 Å². The van der Waals surface area contributed by atoms with Gasteiger partial charge in [-0.15, -0.1) is 0 Å². The van der Waals surface area contributed by atoms with Crippen molar-refractivity contribution in [3.05, 3.63) is 83.9 Å². The SMILES string of the molecule is NCC(=O)N[C@@H](Cc1ccccc1)C(=O)NC(=O)c1ccc2ccccc2c1. The van der Waals surface area contributed by atoms with Crippen molar-refractivity contribution in [2.24, 2.45) is 5.73 Å². The van der Waals surface area contributed by atoms with E-state index in [2.05, 4.69) is 10.6 Å². The number of carbonyl (C=O) groups excluding carboxylic acids is 3. The Bertz CT molecular complexity index is 1000. The minimum Gasteiger partial charge on any atom is -0.343 e. The Kier molecular flexibility index (Phi) is 6.14. The summed E-state index contributed by atoms with van der Waals surface area (Å²) < 4.78 is 0. The maximum absolute atomic E-state index is 12.7. The van der Waals surface area contributed by atoms with Gasteiger partial charge in [0.15, 0.2) is 0 Å². The Labute approximate surface area is 162 Å². The van der Waals surface area contributed by atoms with Gasteiger partial charge in [-0.05, 0) is 28.5 Å². The Balaban J connectivity index is 1.75. The molecule has 3 aromatic rings. The highest BCUT2D eigenvalue weighted by Crippen LogP contribution is 2.15. The number of imide groups is 1. The summed E-state index contributed by atoms with van der Waals surface area (Å²) in [5.41, 5.74) is 6.58. The molecule has 0 saturated carbocycles.